The van der Waals surface area contributed by atoms with Crippen LogP contribution in [0.15, 0.2) is 0 Å². The van der Waals surface area contributed by atoms with Crippen LogP contribution in [0.3, 0.4) is 0 Å². The number of nitrogens with zero attached hydrogens (tertiary/aromatic N) is 1. The summed E-state index contributed by atoms with van der Waals surface area (Å²) in [4.78, 5) is 67.0. The normalized spacial score (nSPS) is 25.5. The van der Waals surface area contributed by atoms with Crippen molar-refractivity contribution in [1.29, 1.82) is 0 Å². The summed E-state index contributed by atoms with van der Waals surface area (Å²) in [6, 6.07) is -0.719. The summed E-state index contributed by atoms with van der Waals surface area (Å²) >= 11 is 0. The largest absolute Gasteiger partial charge is 0.444 e. The highest BCUT2D eigenvalue weighted by Crippen LogP contribution is 2.65. The molecule has 238 valence electrons. The van der Waals surface area contributed by atoms with Crippen LogP contribution in [0.2, 0.25) is 0 Å². The number of ether oxygens (including phenoxy) is 1. The molecule has 0 aromatic rings. The van der Waals surface area contributed by atoms with Crippen LogP contribution in [0.1, 0.15) is 100 Å². The minimum Gasteiger partial charge on any atom is -0.444 e. The molecule has 0 radical (unpaired) electrons. The molecule has 1 saturated heterocycles. The van der Waals surface area contributed by atoms with E-state index in [4.69, 9.17) is 10.5 Å². The first-order valence-electron chi connectivity index (χ1n) is 15.5. The fourth-order valence-electron chi connectivity index (χ4n) is 6.92. The summed E-state index contributed by atoms with van der Waals surface area (Å²) in [6.45, 7) is 15.5. The number of piperidine rings is 1. The number of rotatable bonds is 13. The van der Waals surface area contributed by atoms with Gasteiger partial charge in [0.05, 0.1) is 12.0 Å². The third kappa shape index (κ3) is 8.54. The summed E-state index contributed by atoms with van der Waals surface area (Å²) in [5.41, 5.74) is 4.32. The van der Waals surface area contributed by atoms with Crippen molar-refractivity contribution < 1.29 is 33.8 Å². The number of amides is 3. The first-order chi connectivity index (χ1) is 19.2. The number of nitrogens with one attached hydrogen (secondary N) is 1. The van der Waals surface area contributed by atoms with Gasteiger partial charge in [0.2, 0.25) is 11.8 Å². The van der Waals surface area contributed by atoms with Crippen LogP contribution < -0.4 is 11.1 Å². The minimum absolute atomic E-state index is 0.0435. The zero-order chi connectivity index (χ0) is 31.8. The van der Waals surface area contributed by atoms with Crippen molar-refractivity contribution in [2.75, 3.05) is 13.1 Å². The van der Waals surface area contributed by atoms with E-state index in [0.717, 1.165) is 19.3 Å². The standard InChI is InChI=1S/C32H53N3O7/c1-30(2,3)15-21(36)13-20(16-34-29(41)42-31(4,5)6)28(40)35-17-22-24(32(22,7)8)25(35)23(37)14-19(26(38)27(33)39)12-18-10-9-11-18/h18-20,22,24-26,38H,9-17H2,1-8H3,(H2,33,39)(H,34,41)/t19?,20-,22?,24-,25?,26?/m0/s1. The predicted molar refractivity (Wildman–Crippen MR) is 158 cm³/mol. The smallest absolute Gasteiger partial charge is 0.407 e. The molecule has 6 atom stereocenters. The maximum Gasteiger partial charge on any atom is 0.407 e. The summed E-state index contributed by atoms with van der Waals surface area (Å²) in [7, 11) is 0. The average molecular weight is 592 g/mol. The van der Waals surface area contributed by atoms with Crippen LogP contribution >= 0.6 is 0 Å². The van der Waals surface area contributed by atoms with Gasteiger partial charge in [-0.25, -0.2) is 4.79 Å². The van der Waals surface area contributed by atoms with E-state index >= 15 is 0 Å². The summed E-state index contributed by atoms with van der Waals surface area (Å²) < 4.78 is 5.35. The molecule has 2 saturated carbocycles. The molecule has 0 spiro atoms. The van der Waals surface area contributed by atoms with E-state index in [9.17, 15) is 29.1 Å². The molecule has 3 rings (SSSR count). The average Bonchev–Trinajstić information content (AvgIpc) is 3.12. The third-order valence-electron chi connectivity index (χ3n) is 9.33. The number of aliphatic hydroxyl groups excluding tert-OH is 1. The lowest BCUT2D eigenvalue weighted by atomic mass is 9.75. The minimum atomic E-state index is -1.43. The van der Waals surface area contributed by atoms with Crippen molar-refractivity contribution >= 4 is 29.5 Å². The molecule has 3 fully saturated rings. The maximum atomic E-state index is 14.1. The van der Waals surface area contributed by atoms with E-state index in [1.807, 2.05) is 20.8 Å². The zero-order valence-electron chi connectivity index (χ0n) is 26.8. The van der Waals surface area contributed by atoms with Gasteiger partial charge in [0.15, 0.2) is 5.78 Å². The molecule has 4 N–H and O–H groups in total. The van der Waals surface area contributed by atoms with Gasteiger partial charge in [-0.1, -0.05) is 53.9 Å². The van der Waals surface area contributed by atoms with Gasteiger partial charge in [0.1, 0.15) is 17.5 Å². The third-order valence-corrected chi connectivity index (χ3v) is 9.33. The number of carbonyl (C=O) groups excluding carboxylic acids is 5. The van der Waals surface area contributed by atoms with Crippen molar-refractivity contribution in [2.45, 2.75) is 118 Å². The molecule has 42 heavy (non-hydrogen) atoms. The van der Waals surface area contributed by atoms with Gasteiger partial charge in [0.25, 0.3) is 0 Å². The first kappa shape index (κ1) is 34.0. The molecule has 2 aliphatic carbocycles. The molecule has 4 unspecified atom stereocenters. The highest BCUT2D eigenvalue weighted by Gasteiger charge is 2.69. The fourth-order valence-corrected chi connectivity index (χ4v) is 6.92. The van der Waals surface area contributed by atoms with Gasteiger partial charge < -0.3 is 25.8 Å². The molecule has 3 amide bonds. The Kier molecular flexibility index (Phi) is 10.2. The van der Waals surface area contributed by atoms with Gasteiger partial charge in [-0.15, -0.1) is 0 Å². The highest BCUT2D eigenvalue weighted by atomic mass is 16.6. The van der Waals surface area contributed by atoms with E-state index in [1.165, 1.54) is 0 Å². The Labute approximate surface area is 250 Å². The molecule has 10 heteroatoms. The lowest BCUT2D eigenvalue weighted by Crippen LogP contribution is -2.51. The molecule has 1 aliphatic heterocycles. The van der Waals surface area contributed by atoms with E-state index < -0.39 is 41.6 Å². The van der Waals surface area contributed by atoms with Crippen molar-refractivity contribution in [2.24, 2.45) is 46.2 Å². The Morgan fingerprint density at radius 1 is 1.05 bits per heavy atom. The highest BCUT2D eigenvalue weighted by molar-refractivity contribution is 5.94. The number of alkyl carbamates (subject to hydrolysis) is 1. The number of likely N-dealkylation sites (tertiary alicyclic amines) is 1. The second-order valence-corrected chi connectivity index (χ2v) is 15.8. The van der Waals surface area contributed by atoms with Crippen LogP contribution in [0.5, 0.6) is 0 Å². The van der Waals surface area contributed by atoms with Crippen LogP contribution in [-0.4, -0.2) is 70.3 Å². The summed E-state index contributed by atoms with van der Waals surface area (Å²) in [5, 5.41) is 13.2. The van der Waals surface area contributed by atoms with Gasteiger partial charge >= 0.3 is 6.09 Å². The number of carbonyl (C=O) groups is 5. The van der Waals surface area contributed by atoms with Crippen LogP contribution in [0, 0.1) is 40.4 Å². The molecule has 0 aromatic heterocycles. The number of primary amides is 1. The van der Waals surface area contributed by atoms with Gasteiger partial charge in [-0.05, 0) is 55.8 Å². The number of hydrogen-bond donors (Lipinski definition) is 3. The van der Waals surface area contributed by atoms with E-state index in [-0.39, 0.29) is 65.9 Å². The molecule has 3 aliphatic rings. The second-order valence-electron chi connectivity index (χ2n) is 15.8. The number of Topliss-reactive ketones (excluding diaryl/α,β-unsaturated/α-hetero) is 2. The molecule has 0 bridgehead atoms. The molecule has 0 aromatic carbocycles. The predicted octanol–water partition coefficient (Wildman–Crippen LogP) is 3.62. The summed E-state index contributed by atoms with van der Waals surface area (Å²) in [5.74, 6) is -2.50. The zero-order valence-corrected chi connectivity index (χ0v) is 26.8. The van der Waals surface area contributed by atoms with Crippen molar-refractivity contribution in [3.63, 3.8) is 0 Å². The fraction of sp³-hybridized carbons (Fsp3) is 0.844. The quantitative estimate of drug-likeness (QED) is 0.295. The number of fused-ring (bicyclic) bond motifs is 1. The Balaban J connectivity index is 1.82. The Hall–Kier alpha value is -2.49. The maximum absolute atomic E-state index is 14.1. The monoisotopic (exact) mass is 591 g/mol. The second kappa shape index (κ2) is 12.6. The number of aliphatic hydroxyl groups is 1. The van der Waals surface area contributed by atoms with E-state index in [0.29, 0.717) is 18.9 Å². The Morgan fingerprint density at radius 2 is 1.67 bits per heavy atom. The van der Waals surface area contributed by atoms with Crippen molar-refractivity contribution in [1.82, 2.24) is 10.2 Å². The number of hydrogen-bond acceptors (Lipinski definition) is 7. The molecular weight excluding hydrogens is 538 g/mol. The van der Waals surface area contributed by atoms with Crippen LogP contribution in [0.25, 0.3) is 0 Å². The Bertz CT molecular complexity index is 1050. The van der Waals surface area contributed by atoms with Gasteiger partial charge in [-0.2, -0.15) is 0 Å². The topological polar surface area (TPSA) is 156 Å². The lowest BCUT2D eigenvalue weighted by molar-refractivity contribution is -0.145. The van der Waals surface area contributed by atoms with E-state index in [2.05, 4.69) is 19.2 Å². The molecular formula is C32H53N3O7. The summed E-state index contributed by atoms with van der Waals surface area (Å²) in [6.07, 6.45) is 1.69. The van der Waals surface area contributed by atoms with Gasteiger partial charge in [0, 0.05) is 38.3 Å². The van der Waals surface area contributed by atoms with Crippen LogP contribution in [0.4, 0.5) is 4.79 Å². The number of ketones is 2. The van der Waals surface area contributed by atoms with E-state index in [1.54, 1.807) is 25.7 Å². The first-order valence-corrected chi connectivity index (χ1v) is 15.5. The Morgan fingerprint density at radius 3 is 2.17 bits per heavy atom. The number of nitrogens with two attached hydrogens (primary N) is 1. The lowest BCUT2D eigenvalue weighted by Gasteiger charge is -2.35. The van der Waals surface area contributed by atoms with Crippen molar-refractivity contribution in [3.05, 3.63) is 0 Å². The van der Waals surface area contributed by atoms with Crippen LogP contribution in [-0.2, 0) is 23.9 Å². The molecule has 1 heterocycles. The molecule has 10 nitrogen and oxygen atoms in total. The SMILES string of the molecule is CC(C)(C)CC(=O)C[C@@H](CNC(=O)OC(C)(C)C)C(=O)N1CC2[C@@H](C1C(=O)CC(CC1CCC1)C(O)C(N)=O)C2(C)C. The van der Waals surface area contributed by atoms with Crippen molar-refractivity contribution in [3.8, 4) is 0 Å². The van der Waals surface area contributed by atoms with Gasteiger partial charge in [-0.3, -0.25) is 19.2 Å².